The van der Waals surface area contributed by atoms with Crippen molar-refractivity contribution >= 4 is 5.82 Å². The second-order valence-corrected chi connectivity index (χ2v) is 5.59. The van der Waals surface area contributed by atoms with Crippen LogP contribution in [0.5, 0.6) is 0 Å². The molecule has 0 amide bonds. The molecule has 106 valence electrons. The molecule has 3 nitrogen and oxygen atoms in total. The van der Waals surface area contributed by atoms with E-state index in [1.54, 1.807) is 0 Å². The fraction of sp³-hybridized carbons (Fsp3) is 0.688. The van der Waals surface area contributed by atoms with Crippen molar-refractivity contribution in [2.45, 2.75) is 59.0 Å². The highest BCUT2D eigenvalue weighted by Gasteiger charge is 2.30. The van der Waals surface area contributed by atoms with E-state index in [1.807, 2.05) is 6.20 Å². The Morgan fingerprint density at radius 1 is 1.32 bits per heavy atom. The van der Waals surface area contributed by atoms with Gasteiger partial charge in [0.25, 0.3) is 0 Å². The van der Waals surface area contributed by atoms with Crippen LogP contribution in [0.2, 0.25) is 0 Å². The van der Waals surface area contributed by atoms with Crippen molar-refractivity contribution in [3.63, 3.8) is 0 Å². The summed E-state index contributed by atoms with van der Waals surface area (Å²) in [6, 6.07) is 3.03. The first-order chi connectivity index (χ1) is 9.26. The fourth-order valence-electron chi connectivity index (χ4n) is 2.52. The molecular formula is C16H27N3. The van der Waals surface area contributed by atoms with Crippen LogP contribution in [0.4, 0.5) is 5.82 Å². The van der Waals surface area contributed by atoms with Gasteiger partial charge in [-0.25, -0.2) is 4.98 Å². The first-order valence-corrected chi connectivity index (χ1v) is 7.69. The Labute approximate surface area is 117 Å². The molecule has 1 aromatic rings. The summed E-state index contributed by atoms with van der Waals surface area (Å²) in [4.78, 5) is 7.22. The Balaban J connectivity index is 2.04. The van der Waals surface area contributed by atoms with Crippen molar-refractivity contribution in [1.82, 2.24) is 10.3 Å². The van der Waals surface area contributed by atoms with Crippen molar-refractivity contribution in [2.24, 2.45) is 0 Å². The van der Waals surface area contributed by atoms with Gasteiger partial charge in [-0.3, -0.25) is 0 Å². The molecule has 19 heavy (non-hydrogen) atoms. The van der Waals surface area contributed by atoms with E-state index in [4.69, 9.17) is 4.98 Å². The van der Waals surface area contributed by atoms with Gasteiger partial charge in [-0.05, 0) is 56.3 Å². The molecule has 1 aliphatic carbocycles. The lowest BCUT2D eigenvalue weighted by atomic mass is 10.2. The number of hydrogen-bond donors (Lipinski definition) is 1. The Morgan fingerprint density at radius 2 is 2.11 bits per heavy atom. The van der Waals surface area contributed by atoms with Gasteiger partial charge < -0.3 is 10.2 Å². The van der Waals surface area contributed by atoms with E-state index in [9.17, 15) is 0 Å². The average Bonchev–Trinajstić information content (AvgIpc) is 3.21. The summed E-state index contributed by atoms with van der Waals surface area (Å²) in [5, 5.41) is 3.43. The number of anilines is 1. The normalized spacial score (nSPS) is 14.7. The molecule has 2 rings (SSSR count). The van der Waals surface area contributed by atoms with Gasteiger partial charge in [-0.1, -0.05) is 13.8 Å². The number of rotatable bonds is 8. The van der Waals surface area contributed by atoms with E-state index in [0.29, 0.717) is 0 Å². The van der Waals surface area contributed by atoms with E-state index in [2.05, 4.69) is 37.1 Å². The Bertz CT molecular complexity index is 399. The highest BCUT2D eigenvalue weighted by molar-refractivity contribution is 5.49. The highest BCUT2D eigenvalue weighted by Crippen LogP contribution is 2.32. The predicted octanol–water partition coefficient (Wildman–Crippen LogP) is 3.27. The molecule has 0 bridgehead atoms. The van der Waals surface area contributed by atoms with Crippen molar-refractivity contribution in [1.29, 1.82) is 0 Å². The van der Waals surface area contributed by atoms with Crippen LogP contribution in [0.1, 0.15) is 50.7 Å². The minimum Gasteiger partial charge on any atom is -0.353 e. The lowest BCUT2D eigenvalue weighted by molar-refractivity contribution is 0.672. The summed E-state index contributed by atoms with van der Waals surface area (Å²) in [7, 11) is 0. The smallest absolute Gasteiger partial charge is 0.131 e. The van der Waals surface area contributed by atoms with Gasteiger partial charge in [0.1, 0.15) is 5.82 Å². The molecule has 1 fully saturated rings. The molecule has 1 aliphatic rings. The third kappa shape index (κ3) is 3.93. The Hall–Kier alpha value is -1.09. The van der Waals surface area contributed by atoms with Crippen LogP contribution in [-0.4, -0.2) is 24.1 Å². The van der Waals surface area contributed by atoms with E-state index in [0.717, 1.165) is 25.7 Å². The zero-order chi connectivity index (χ0) is 13.7. The van der Waals surface area contributed by atoms with Gasteiger partial charge in [-0.2, -0.15) is 0 Å². The first-order valence-electron chi connectivity index (χ1n) is 7.69. The van der Waals surface area contributed by atoms with Crippen molar-refractivity contribution in [2.75, 3.05) is 18.0 Å². The summed E-state index contributed by atoms with van der Waals surface area (Å²) in [5.41, 5.74) is 2.61. The largest absolute Gasteiger partial charge is 0.353 e. The molecule has 1 heterocycles. The number of pyridine rings is 1. The summed E-state index contributed by atoms with van der Waals surface area (Å²) < 4.78 is 0. The second-order valence-electron chi connectivity index (χ2n) is 5.59. The molecule has 0 spiro atoms. The lowest BCUT2D eigenvalue weighted by Crippen LogP contribution is -2.28. The Kier molecular flexibility index (Phi) is 5.20. The number of hydrogen-bond acceptors (Lipinski definition) is 3. The number of aryl methyl sites for hydroxylation is 1. The SMILES string of the molecule is CCCNCc1cnc(N(CCC)C2CC2)c(C)c1. The number of nitrogens with zero attached hydrogens (tertiary/aromatic N) is 2. The van der Waals surface area contributed by atoms with Crippen LogP contribution in [0.15, 0.2) is 12.3 Å². The van der Waals surface area contributed by atoms with Crippen LogP contribution in [-0.2, 0) is 6.54 Å². The minimum atomic E-state index is 0.746. The third-order valence-corrected chi connectivity index (χ3v) is 3.59. The van der Waals surface area contributed by atoms with E-state index >= 15 is 0 Å². The van der Waals surface area contributed by atoms with Gasteiger partial charge in [0, 0.05) is 25.3 Å². The summed E-state index contributed by atoms with van der Waals surface area (Å²) in [6.45, 7) is 9.76. The van der Waals surface area contributed by atoms with E-state index in [1.165, 1.54) is 42.6 Å². The molecule has 0 radical (unpaired) electrons. The molecule has 1 saturated carbocycles. The fourth-order valence-corrected chi connectivity index (χ4v) is 2.52. The van der Waals surface area contributed by atoms with Crippen LogP contribution >= 0.6 is 0 Å². The summed E-state index contributed by atoms with van der Waals surface area (Å²) >= 11 is 0. The molecule has 1 aromatic heterocycles. The van der Waals surface area contributed by atoms with Gasteiger partial charge in [0.05, 0.1) is 0 Å². The van der Waals surface area contributed by atoms with Gasteiger partial charge in [-0.15, -0.1) is 0 Å². The highest BCUT2D eigenvalue weighted by atomic mass is 15.2. The first kappa shape index (κ1) is 14.3. The second kappa shape index (κ2) is 6.90. The predicted molar refractivity (Wildman–Crippen MR) is 81.6 cm³/mol. The lowest BCUT2D eigenvalue weighted by Gasteiger charge is -2.25. The van der Waals surface area contributed by atoms with Crippen LogP contribution in [0.3, 0.4) is 0 Å². The zero-order valence-electron chi connectivity index (χ0n) is 12.6. The molecule has 0 saturated heterocycles. The Morgan fingerprint density at radius 3 is 2.68 bits per heavy atom. The van der Waals surface area contributed by atoms with Crippen LogP contribution < -0.4 is 10.2 Å². The molecule has 0 unspecified atom stereocenters. The number of nitrogens with one attached hydrogen (secondary N) is 1. The number of aromatic nitrogens is 1. The van der Waals surface area contributed by atoms with Crippen molar-refractivity contribution < 1.29 is 0 Å². The van der Waals surface area contributed by atoms with Crippen molar-refractivity contribution in [3.05, 3.63) is 23.4 Å². The zero-order valence-corrected chi connectivity index (χ0v) is 12.6. The molecular weight excluding hydrogens is 234 g/mol. The van der Waals surface area contributed by atoms with Crippen LogP contribution in [0.25, 0.3) is 0 Å². The van der Waals surface area contributed by atoms with E-state index in [-0.39, 0.29) is 0 Å². The summed E-state index contributed by atoms with van der Waals surface area (Å²) in [6.07, 6.45) is 7.08. The molecule has 1 N–H and O–H groups in total. The maximum absolute atomic E-state index is 4.72. The summed E-state index contributed by atoms with van der Waals surface area (Å²) in [5.74, 6) is 1.20. The maximum atomic E-state index is 4.72. The van der Waals surface area contributed by atoms with Crippen LogP contribution in [0, 0.1) is 6.92 Å². The average molecular weight is 261 g/mol. The topological polar surface area (TPSA) is 28.2 Å². The van der Waals surface area contributed by atoms with Gasteiger partial charge in [0.15, 0.2) is 0 Å². The van der Waals surface area contributed by atoms with Gasteiger partial charge >= 0.3 is 0 Å². The monoisotopic (exact) mass is 261 g/mol. The molecule has 0 aromatic carbocycles. The molecule has 0 aliphatic heterocycles. The quantitative estimate of drug-likeness (QED) is 0.728. The third-order valence-electron chi connectivity index (χ3n) is 3.59. The van der Waals surface area contributed by atoms with E-state index < -0.39 is 0 Å². The maximum Gasteiger partial charge on any atom is 0.131 e. The standard InChI is InChI=1S/C16H27N3/c1-4-8-17-11-14-10-13(3)16(18-12-14)19(9-5-2)15-6-7-15/h10,12,15,17H,4-9,11H2,1-3H3. The minimum absolute atomic E-state index is 0.746. The molecule has 3 heteroatoms. The van der Waals surface area contributed by atoms with Crippen molar-refractivity contribution in [3.8, 4) is 0 Å². The van der Waals surface area contributed by atoms with Gasteiger partial charge in [0.2, 0.25) is 0 Å². The molecule has 0 atom stereocenters.